The first-order valence-corrected chi connectivity index (χ1v) is 21.1. The van der Waals surface area contributed by atoms with Gasteiger partial charge >= 0.3 is 0 Å². The molecule has 266 valence electrons. The van der Waals surface area contributed by atoms with Crippen LogP contribution in [0.5, 0.6) is 0 Å². The number of hydrogen-bond donors (Lipinski definition) is 0. The summed E-state index contributed by atoms with van der Waals surface area (Å²) in [6.07, 6.45) is 16.5. The number of rotatable bonds is 24. The van der Waals surface area contributed by atoms with Gasteiger partial charge in [0.1, 0.15) is 0 Å². The number of hydrogen-bond acceptors (Lipinski definition) is 6. The molecule has 0 aliphatic rings. The average Bonchev–Trinajstić information content (AvgIpc) is 3.94. The summed E-state index contributed by atoms with van der Waals surface area (Å²) in [6.45, 7) is 9.09. The van der Waals surface area contributed by atoms with E-state index in [1.165, 1.54) is 96.5 Å². The Hall–Kier alpha value is -2.84. The molecule has 0 radical (unpaired) electrons. The van der Waals surface area contributed by atoms with Crippen LogP contribution in [-0.4, -0.2) is 39.6 Å². The summed E-state index contributed by atoms with van der Waals surface area (Å²) in [6, 6.07) is 31.3. The first-order valence-electron chi connectivity index (χ1n) is 18.6. The number of ether oxygens (including phenoxy) is 3. The molecule has 3 heterocycles. The molecule has 0 bridgehead atoms. The zero-order chi connectivity index (χ0) is 34.6. The second-order valence-corrected chi connectivity index (χ2v) is 16.2. The van der Waals surface area contributed by atoms with E-state index in [1.807, 2.05) is 34.0 Å². The molecule has 0 amide bonds. The van der Waals surface area contributed by atoms with Gasteiger partial charge in [-0.1, -0.05) is 113 Å². The van der Waals surface area contributed by atoms with Crippen molar-refractivity contribution in [3.8, 4) is 30.6 Å². The SMILES string of the molecule is CCCCCCCCOCCc1ccc(-c2ccc(-c3ccc(C=Cc4ccc(-c5ccc(CCOCCOCCCC)s5)cc4)cc3)s2)s1. The van der Waals surface area contributed by atoms with Crippen molar-refractivity contribution < 1.29 is 14.2 Å². The summed E-state index contributed by atoms with van der Waals surface area (Å²) in [5.41, 5.74) is 4.93. The van der Waals surface area contributed by atoms with Crippen molar-refractivity contribution in [1.29, 1.82) is 0 Å². The lowest BCUT2D eigenvalue weighted by Gasteiger charge is -2.04. The normalized spacial score (nSPS) is 11.6. The van der Waals surface area contributed by atoms with Crippen LogP contribution in [0.1, 0.15) is 86.1 Å². The molecule has 0 unspecified atom stereocenters. The second-order valence-electron chi connectivity index (χ2n) is 12.7. The van der Waals surface area contributed by atoms with E-state index >= 15 is 0 Å². The van der Waals surface area contributed by atoms with Gasteiger partial charge in [-0.25, -0.2) is 0 Å². The van der Waals surface area contributed by atoms with E-state index in [1.54, 1.807) is 0 Å². The zero-order valence-electron chi connectivity index (χ0n) is 30.0. The number of thiophene rings is 3. The predicted octanol–water partition coefficient (Wildman–Crippen LogP) is 13.3. The lowest BCUT2D eigenvalue weighted by atomic mass is 10.1. The smallest absolute Gasteiger partial charge is 0.0700 e. The van der Waals surface area contributed by atoms with Gasteiger partial charge in [-0.2, -0.15) is 0 Å². The molecule has 3 nitrogen and oxygen atoms in total. The molecular formula is C44H54O3S3. The van der Waals surface area contributed by atoms with Crippen LogP contribution in [0.25, 0.3) is 42.8 Å². The van der Waals surface area contributed by atoms with Gasteiger partial charge in [0.25, 0.3) is 0 Å². The fourth-order valence-electron chi connectivity index (χ4n) is 5.65. The molecule has 5 rings (SSSR count). The summed E-state index contributed by atoms with van der Waals surface area (Å²) in [5, 5.41) is 0. The van der Waals surface area contributed by atoms with Gasteiger partial charge in [0, 0.05) is 55.3 Å². The Balaban J connectivity index is 1.03. The Kier molecular flexibility index (Phi) is 17.0. The zero-order valence-corrected chi connectivity index (χ0v) is 32.5. The molecule has 0 saturated carbocycles. The van der Waals surface area contributed by atoms with E-state index < -0.39 is 0 Å². The van der Waals surface area contributed by atoms with Crippen molar-refractivity contribution in [3.05, 3.63) is 106 Å². The van der Waals surface area contributed by atoms with Crippen molar-refractivity contribution in [2.45, 2.75) is 78.1 Å². The third-order valence-corrected chi connectivity index (χ3v) is 12.3. The van der Waals surface area contributed by atoms with Crippen molar-refractivity contribution in [2.75, 3.05) is 39.6 Å². The van der Waals surface area contributed by atoms with Crippen LogP contribution in [0.4, 0.5) is 0 Å². The van der Waals surface area contributed by atoms with Crippen LogP contribution in [0, 0.1) is 0 Å². The number of unbranched alkanes of at least 4 members (excludes halogenated alkanes) is 6. The first-order chi connectivity index (χ1) is 24.7. The maximum atomic E-state index is 5.92. The number of benzene rings is 2. The molecule has 50 heavy (non-hydrogen) atoms. The Morgan fingerprint density at radius 3 is 1.48 bits per heavy atom. The highest BCUT2D eigenvalue weighted by molar-refractivity contribution is 7.23. The van der Waals surface area contributed by atoms with E-state index in [9.17, 15) is 0 Å². The maximum absolute atomic E-state index is 5.92. The summed E-state index contributed by atoms with van der Waals surface area (Å²) in [5.74, 6) is 0. The van der Waals surface area contributed by atoms with Gasteiger partial charge in [-0.3, -0.25) is 0 Å². The molecule has 0 aliphatic carbocycles. The lowest BCUT2D eigenvalue weighted by Crippen LogP contribution is -2.07. The minimum absolute atomic E-state index is 0.670. The highest BCUT2D eigenvalue weighted by Gasteiger charge is 2.09. The first kappa shape index (κ1) is 38.4. The highest BCUT2D eigenvalue weighted by atomic mass is 32.1. The van der Waals surface area contributed by atoms with Gasteiger partial charge in [-0.05, 0) is 71.5 Å². The van der Waals surface area contributed by atoms with Crippen LogP contribution < -0.4 is 0 Å². The summed E-state index contributed by atoms with van der Waals surface area (Å²) in [4.78, 5) is 8.05. The van der Waals surface area contributed by atoms with E-state index in [-0.39, 0.29) is 0 Å². The standard InChI is InChI=1S/C44H54O3S3/c1-3-5-7-8-9-10-30-45-31-27-40-22-24-43(49-40)44-26-25-42(50-44)38-19-15-36(16-20-38)12-11-35-13-17-37(18-14-35)41-23-21-39(48-41)28-32-47-34-33-46-29-6-4-2/h11-26H,3-10,27-34H2,1-2H3. The third kappa shape index (κ3) is 13.0. The molecule has 0 aliphatic heterocycles. The van der Waals surface area contributed by atoms with Crippen molar-refractivity contribution >= 4 is 46.2 Å². The summed E-state index contributed by atoms with van der Waals surface area (Å²) < 4.78 is 17.2. The molecule has 5 aromatic rings. The van der Waals surface area contributed by atoms with Crippen LogP contribution in [0.15, 0.2) is 84.9 Å². The molecule has 0 N–H and O–H groups in total. The third-order valence-electron chi connectivity index (χ3n) is 8.67. The van der Waals surface area contributed by atoms with Crippen molar-refractivity contribution in [2.24, 2.45) is 0 Å². The van der Waals surface area contributed by atoms with E-state index in [0.29, 0.717) is 13.2 Å². The average molecular weight is 727 g/mol. The van der Waals surface area contributed by atoms with Crippen molar-refractivity contribution in [3.63, 3.8) is 0 Å². The Bertz CT molecular complexity index is 1660. The van der Waals surface area contributed by atoms with Gasteiger partial charge in [0.2, 0.25) is 0 Å². The van der Waals surface area contributed by atoms with Gasteiger partial charge in [0.15, 0.2) is 0 Å². The van der Waals surface area contributed by atoms with Gasteiger partial charge < -0.3 is 14.2 Å². The molecule has 0 fully saturated rings. The highest BCUT2D eigenvalue weighted by Crippen LogP contribution is 2.38. The quantitative estimate of drug-likeness (QED) is 0.0468. The molecule has 0 saturated heterocycles. The molecular weight excluding hydrogens is 673 g/mol. The summed E-state index contributed by atoms with van der Waals surface area (Å²) >= 11 is 5.62. The van der Waals surface area contributed by atoms with Crippen LogP contribution in [-0.2, 0) is 27.1 Å². The Morgan fingerprint density at radius 2 is 0.840 bits per heavy atom. The predicted molar refractivity (Wildman–Crippen MR) is 220 cm³/mol. The molecule has 0 spiro atoms. The molecule has 6 heteroatoms. The minimum atomic E-state index is 0.670. The second kappa shape index (κ2) is 22.2. The van der Waals surface area contributed by atoms with E-state index in [4.69, 9.17) is 14.2 Å². The molecule has 2 aromatic carbocycles. The van der Waals surface area contributed by atoms with Crippen molar-refractivity contribution in [1.82, 2.24) is 0 Å². The van der Waals surface area contributed by atoms with E-state index in [2.05, 4.69) is 111 Å². The summed E-state index contributed by atoms with van der Waals surface area (Å²) in [7, 11) is 0. The van der Waals surface area contributed by atoms with Gasteiger partial charge in [0.05, 0.1) is 26.4 Å². The largest absolute Gasteiger partial charge is 0.381 e. The lowest BCUT2D eigenvalue weighted by molar-refractivity contribution is 0.0480. The fourth-order valence-corrected chi connectivity index (χ4v) is 8.73. The van der Waals surface area contributed by atoms with Crippen LogP contribution in [0.3, 0.4) is 0 Å². The van der Waals surface area contributed by atoms with Crippen LogP contribution >= 0.6 is 34.0 Å². The Labute approximate surface area is 313 Å². The Morgan fingerprint density at radius 1 is 0.400 bits per heavy atom. The van der Waals surface area contributed by atoms with E-state index in [0.717, 1.165) is 45.7 Å². The molecule has 3 aromatic heterocycles. The maximum Gasteiger partial charge on any atom is 0.0700 e. The monoisotopic (exact) mass is 726 g/mol. The molecule has 0 atom stereocenters. The topological polar surface area (TPSA) is 27.7 Å². The van der Waals surface area contributed by atoms with Crippen LogP contribution in [0.2, 0.25) is 0 Å². The minimum Gasteiger partial charge on any atom is -0.381 e. The fraction of sp³-hybridized carbons (Fsp3) is 0.409. The van der Waals surface area contributed by atoms with Gasteiger partial charge in [-0.15, -0.1) is 34.0 Å².